The van der Waals surface area contributed by atoms with Crippen LogP contribution in [-0.2, 0) is 0 Å². The monoisotopic (exact) mass is 131 g/mol. The van der Waals surface area contributed by atoms with Gasteiger partial charge in [-0.1, -0.05) is 0 Å². The number of hydrogen-bond donors (Lipinski definition) is 3. The number of aliphatic imine (C=N–C) groups is 1. The van der Waals surface area contributed by atoms with Crippen molar-refractivity contribution >= 4 is 5.96 Å². The normalized spacial score (nSPS) is 8.33. The molecule has 0 amide bonds. The molecule has 9 heavy (non-hydrogen) atoms. The molecule has 0 saturated carbocycles. The average Bonchev–Trinajstić information content (AvgIpc) is 1.91. The Morgan fingerprint density at radius 1 is 1.44 bits per heavy atom. The maximum atomic E-state index is 8.34. The van der Waals surface area contributed by atoms with Gasteiger partial charge in [0, 0.05) is 14.1 Å². The van der Waals surface area contributed by atoms with Crippen molar-refractivity contribution in [1.29, 1.82) is 0 Å². The summed E-state index contributed by atoms with van der Waals surface area (Å²) in [5.41, 5.74) is 0. The second-order valence-electron chi connectivity index (χ2n) is 1.45. The van der Waals surface area contributed by atoms with E-state index >= 15 is 0 Å². The summed E-state index contributed by atoms with van der Waals surface area (Å²) < 4.78 is 0. The first-order chi connectivity index (χ1) is 4.35. The first kappa shape index (κ1) is 8.23. The molecule has 0 fully saturated rings. The van der Waals surface area contributed by atoms with Crippen LogP contribution in [0, 0.1) is 0 Å². The quantitative estimate of drug-likeness (QED) is 0.325. The van der Waals surface area contributed by atoms with Gasteiger partial charge in [-0.3, -0.25) is 4.99 Å². The summed E-state index contributed by atoms with van der Waals surface area (Å²) in [6.07, 6.45) is 0. The summed E-state index contributed by atoms with van der Waals surface area (Å²) in [6, 6.07) is 0. The van der Waals surface area contributed by atoms with Crippen molar-refractivity contribution < 1.29 is 5.11 Å². The van der Waals surface area contributed by atoms with Crippen LogP contribution in [0.3, 0.4) is 0 Å². The van der Waals surface area contributed by atoms with Crippen molar-refractivity contribution in [3.63, 3.8) is 0 Å². The third kappa shape index (κ3) is 3.78. The molecule has 0 atom stereocenters. The molecule has 3 N–H and O–H groups in total. The molecule has 4 nitrogen and oxygen atoms in total. The van der Waals surface area contributed by atoms with E-state index < -0.39 is 0 Å². The van der Waals surface area contributed by atoms with Gasteiger partial charge in [0.05, 0.1) is 13.2 Å². The minimum Gasteiger partial charge on any atom is -0.394 e. The highest BCUT2D eigenvalue weighted by atomic mass is 16.3. The fraction of sp³-hybridized carbons (Fsp3) is 0.800. The maximum absolute atomic E-state index is 8.34. The lowest BCUT2D eigenvalue weighted by Gasteiger charge is -2.01. The first-order valence-electron chi connectivity index (χ1n) is 2.86. The van der Waals surface area contributed by atoms with Crippen LogP contribution in [0.5, 0.6) is 0 Å². The Labute approximate surface area is 55.0 Å². The number of nitrogens with zero attached hydrogens (tertiary/aromatic N) is 1. The van der Waals surface area contributed by atoms with Crippen LogP contribution in [0.15, 0.2) is 4.99 Å². The van der Waals surface area contributed by atoms with Crippen molar-refractivity contribution in [2.24, 2.45) is 4.99 Å². The van der Waals surface area contributed by atoms with Gasteiger partial charge in [-0.2, -0.15) is 0 Å². The second kappa shape index (κ2) is 5.37. The van der Waals surface area contributed by atoms with Gasteiger partial charge in [-0.05, 0) is 0 Å². The van der Waals surface area contributed by atoms with Crippen molar-refractivity contribution in [3.8, 4) is 0 Å². The van der Waals surface area contributed by atoms with Crippen molar-refractivity contribution in [2.45, 2.75) is 0 Å². The van der Waals surface area contributed by atoms with E-state index in [0.717, 1.165) is 0 Å². The molecule has 0 aliphatic heterocycles. The second-order valence-corrected chi connectivity index (χ2v) is 1.45. The van der Waals surface area contributed by atoms with E-state index in [2.05, 4.69) is 15.6 Å². The van der Waals surface area contributed by atoms with Gasteiger partial charge >= 0.3 is 0 Å². The standard InChI is InChI=1S/C5H13N3O/c1-6-5(7-2)8-3-4-9/h9H,3-4H2,1-2H3,(H2,6,7,8). The molecule has 0 rings (SSSR count). The number of aliphatic hydroxyl groups is 1. The predicted molar refractivity (Wildman–Crippen MR) is 37.5 cm³/mol. The molecular formula is C5H13N3O. The van der Waals surface area contributed by atoms with Crippen LogP contribution < -0.4 is 10.6 Å². The zero-order valence-corrected chi connectivity index (χ0v) is 5.81. The number of nitrogens with one attached hydrogen (secondary N) is 2. The number of guanidine groups is 1. The Hall–Kier alpha value is -0.770. The van der Waals surface area contributed by atoms with Gasteiger partial charge in [0.1, 0.15) is 0 Å². The number of hydrogen-bond acceptors (Lipinski definition) is 2. The number of rotatable bonds is 2. The van der Waals surface area contributed by atoms with E-state index in [9.17, 15) is 0 Å². The van der Waals surface area contributed by atoms with E-state index in [1.165, 1.54) is 0 Å². The Kier molecular flexibility index (Phi) is 4.91. The highest BCUT2D eigenvalue weighted by Gasteiger charge is 1.85. The minimum absolute atomic E-state index is 0.0901. The SMILES string of the molecule is CNC(=NCCO)NC. The van der Waals surface area contributed by atoms with Crippen LogP contribution in [0.4, 0.5) is 0 Å². The molecule has 0 aromatic carbocycles. The molecule has 0 radical (unpaired) electrons. The van der Waals surface area contributed by atoms with E-state index in [4.69, 9.17) is 5.11 Å². The zero-order chi connectivity index (χ0) is 7.11. The van der Waals surface area contributed by atoms with Gasteiger partial charge in [-0.15, -0.1) is 0 Å². The van der Waals surface area contributed by atoms with Crippen molar-refractivity contribution in [2.75, 3.05) is 27.2 Å². The van der Waals surface area contributed by atoms with Crippen LogP contribution in [0.2, 0.25) is 0 Å². The van der Waals surface area contributed by atoms with E-state index in [1.807, 2.05) is 0 Å². The molecule has 4 heteroatoms. The van der Waals surface area contributed by atoms with E-state index in [1.54, 1.807) is 14.1 Å². The molecule has 0 unspecified atom stereocenters. The molecule has 54 valence electrons. The largest absolute Gasteiger partial charge is 0.394 e. The van der Waals surface area contributed by atoms with Crippen LogP contribution in [0.25, 0.3) is 0 Å². The zero-order valence-electron chi connectivity index (χ0n) is 5.81. The predicted octanol–water partition coefficient (Wildman–Crippen LogP) is -1.23. The van der Waals surface area contributed by atoms with Gasteiger partial charge in [0.15, 0.2) is 5.96 Å². The van der Waals surface area contributed by atoms with Crippen LogP contribution in [-0.4, -0.2) is 38.3 Å². The fourth-order valence-electron chi connectivity index (χ4n) is 0.445. The summed E-state index contributed by atoms with van der Waals surface area (Å²) >= 11 is 0. The molecule has 0 heterocycles. The molecule has 0 aromatic rings. The summed E-state index contributed by atoms with van der Waals surface area (Å²) in [6.45, 7) is 0.532. The molecule has 0 aliphatic carbocycles. The maximum Gasteiger partial charge on any atom is 0.190 e. The van der Waals surface area contributed by atoms with Crippen LogP contribution in [0.1, 0.15) is 0 Å². The Balaban J connectivity index is 3.48. The smallest absolute Gasteiger partial charge is 0.190 e. The van der Waals surface area contributed by atoms with Gasteiger partial charge in [0.2, 0.25) is 0 Å². The molecular weight excluding hydrogens is 118 g/mol. The van der Waals surface area contributed by atoms with Crippen LogP contribution >= 0.6 is 0 Å². The summed E-state index contributed by atoms with van der Waals surface area (Å²) in [4.78, 5) is 3.92. The van der Waals surface area contributed by atoms with Gasteiger partial charge < -0.3 is 15.7 Å². The highest BCUT2D eigenvalue weighted by molar-refractivity contribution is 5.79. The summed E-state index contributed by atoms with van der Waals surface area (Å²) in [7, 11) is 3.54. The topological polar surface area (TPSA) is 56.7 Å². The lowest BCUT2D eigenvalue weighted by Crippen LogP contribution is -2.32. The molecule has 0 spiro atoms. The summed E-state index contributed by atoms with van der Waals surface area (Å²) in [5.74, 6) is 0.698. The Morgan fingerprint density at radius 2 is 2.00 bits per heavy atom. The third-order valence-corrected chi connectivity index (χ3v) is 0.844. The Morgan fingerprint density at radius 3 is 2.33 bits per heavy atom. The minimum atomic E-state index is 0.0901. The van der Waals surface area contributed by atoms with Crippen molar-refractivity contribution in [3.05, 3.63) is 0 Å². The molecule has 0 saturated heterocycles. The van der Waals surface area contributed by atoms with Gasteiger partial charge in [-0.25, -0.2) is 0 Å². The highest BCUT2D eigenvalue weighted by Crippen LogP contribution is 1.67. The number of aliphatic hydroxyl groups excluding tert-OH is 1. The third-order valence-electron chi connectivity index (χ3n) is 0.844. The summed E-state index contributed by atoms with van der Waals surface area (Å²) in [5, 5.41) is 14.0. The van der Waals surface area contributed by atoms with Crippen molar-refractivity contribution in [1.82, 2.24) is 10.6 Å². The fourth-order valence-corrected chi connectivity index (χ4v) is 0.445. The lowest BCUT2D eigenvalue weighted by atomic mass is 10.7. The average molecular weight is 131 g/mol. The molecule has 0 aliphatic rings. The molecule has 0 bridgehead atoms. The van der Waals surface area contributed by atoms with E-state index in [-0.39, 0.29) is 6.61 Å². The first-order valence-corrected chi connectivity index (χ1v) is 2.86. The van der Waals surface area contributed by atoms with E-state index in [0.29, 0.717) is 12.5 Å². The lowest BCUT2D eigenvalue weighted by molar-refractivity contribution is 0.306. The van der Waals surface area contributed by atoms with Gasteiger partial charge in [0.25, 0.3) is 0 Å². The Bertz CT molecular complexity index is 86.2. The molecule has 0 aromatic heterocycles.